The highest BCUT2D eigenvalue weighted by Crippen LogP contribution is 2.16. The highest BCUT2D eigenvalue weighted by atomic mass is 16.5. The van der Waals surface area contributed by atoms with Gasteiger partial charge in [-0.25, -0.2) is 0 Å². The number of amides is 1. The van der Waals surface area contributed by atoms with E-state index in [1.54, 1.807) is 0 Å². The molecule has 0 bridgehead atoms. The topological polar surface area (TPSA) is 50.8 Å². The van der Waals surface area contributed by atoms with Crippen LogP contribution in [0.15, 0.2) is 24.3 Å². The van der Waals surface area contributed by atoms with Crippen molar-refractivity contribution in [2.24, 2.45) is 0 Å². The Balaban J connectivity index is 1.81. The summed E-state index contributed by atoms with van der Waals surface area (Å²) in [6, 6.07) is 7.44. The highest BCUT2D eigenvalue weighted by molar-refractivity contribution is 5.92. The maximum Gasteiger partial charge on any atom is 0.238 e. The number of anilines is 1. The third-order valence-corrected chi connectivity index (χ3v) is 2.98. The van der Waals surface area contributed by atoms with Crippen molar-refractivity contribution in [1.29, 1.82) is 0 Å². The van der Waals surface area contributed by atoms with Gasteiger partial charge in [-0.05, 0) is 38.1 Å². The lowest BCUT2D eigenvalue weighted by atomic mass is 10.3. The molecular weight excluding hydrogens is 256 g/mol. The van der Waals surface area contributed by atoms with Gasteiger partial charge < -0.3 is 14.8 Å². The fourth-order valence-corrected chi connectivity index (χ4v) is 2.05. The zero-order valence-electron chi connectivity index (χ0n) is 12.1. The van der Waals surface area contributed by atoms with Crippen molar-refractivity contribution in [2.45, 2.75) is 20.0 Å². The van der Waals surface area contributed by atoms with Crippen molar-refractivity contribution in [1.82, 2.24) is 4.90 Å². The van der Waals surface area contributed by atoms with E-state index < -0.39 is 0 Å². The van der Waals surface area contributed by atoms with Crippen molar-refractivity contribution in [3.05, 3.63) is 24.3 Å². The lowest BCUT2D eigenvalue weighted by Crippen LogP contribution is -2.41. The molecule has 1 saturated heterocycles. The first-order valence-corrected chi connectivity index (χ1v) is 7.00. The van der Waals surface area contributed by atoms with E-state index >= 15 is 0 Å². The van der Waals surface area contributed by atoms with Crippen molar-refractivity contribution < 1.29 is 14.3 Å². The van der Waals surface area contributed by atoms with Crippen LogP contribution in [0.2, 0.25) is 0 Å². The Morgan fingerprint density at radius 1 is 1.30 bits per heavy atom. The minimum atomic E-state index is 0.00410. The molecule has 5 heteroatoms. The van der Waals surface area contributed by atoms with E-state index in [0.717, 1.165) is 24.5 Å². The molecule has 1 aliphatic rings. The van der Waals surface area contributed by atoms with Crippen LogP contribution in [0.5, 0.6) is 5.75 Å². The van der Waals surface area contributed by atoms with Crippen LogP contribution in [-0.2, 0) is 9.53 Å². The van der Waals surface area contributed by atoms with E-state index in [4.69, 9.17) is 9.47 Å². The van der Waals surface area contributed by atoms with Crippen LogP contribution < -0.4 is 10.1 Å². The number of carbonyl (C=O) groups is 1. The molecular formula is C15H22N2O3. The third kappa shape index (κ3) is 4.83. The minimum absolute atomic E-state index is 0.00410. The molecule has 0 spiro atoms. The minimum Gasteiger partial charge on any atom is -0.491 e. The normalized spacial score (nSPS) is 16.1. The van der Waals surface area contributed by atoms with Crippen molar-refractivity contribution >= 4 is 11.6 Å². The summed E-state index contributed by atoms with van der Waals surface area (Å²) in [5, 5.41) is 2.89. The number of hydrogen-bond acceptors (Lipinski definition) is 4. The molecule has 20 heavy (non-hydrogen) atoms. The van der Waals surface area contributed by atoms with E-state index in [0.29, 0.717) is 19.8 Å². The Kier molecular flexibility index (Phi) is 5.38. The molecule has 0 atom stereocenters. The molecule has 0 aliphatic carbocycles. The maximum absolute atomic E-state index is 11.9. The molecule has 0 aromatic heterocycles. The van der Waals surface area contributed by atoms with E-state index in [2.05, 4.69) is 10.2 Å². The lowest BCUT2D eigenvalue weighted by Gasteiger charge is -2.25. The quantitative estimate of drug-likeness (QED) is 0.891. The predicted octanol–water partition coefficient (Wildman–Crippen LogP) is 1.74. The van der Waals surface area contributed by atoms with Gasteiger partial charge in [0.15, 0.2) is 0 Å². The smallest absolute Gasteiger partial charge is 0.238 e. The monoisotopic (exact) mass is 278 g/mol. The Morgan fingerprint density at radius 3 is 2.55 bits per heavy atom. The molecule has 1 amide bonds. The molecule has 1 fully saturated rings. The molecule has 5 nitrogen and oxygen atoms in total. The van der Waals surface area contributed by atoms with Crippen LogP contribution in [-0.4, -0.2) is 49.8 Å². The van der Waals surface area contributed by atoms with Gasteiger partial charge in [-0.3, -0.25) is 9.69 Å². The van der Waals surface area contributed by atoms with Gasteiger partial charge in [-0.15, -0.1) is 0 Å². The summed E-state index contributed by atoms with van der Waals surface area (Å²) in [6.45, 7) is 7.41. The summed E-state index contributed by atoms with van der Waals surface area (Å²) in [7, 11) is 0. The summed E-state index contributed by atoms with van der Waals surface area (Å²) < 4.78 is 10.8. The standard InChI is InChI=1S/C15H22N2O3/c1-12(2)20-14-5-3-13(4-6-14)16-15(18)11-17-7-9-19-10-8-17/h3-6,12H,7-11H2,1-2H3,(H,16,18). The summed E-state index contributed by atoms with van der Waals surface area (Å²) in [5.74, 6) is 0.815. The predicted molar refractivity (Wildman–Crippen MR) is 78.1 cm³/mol. The number of ether oxygens (including phenoxy) is 2. The molecule has 1 aromatic rings. The zero-order valence-corrected chi connectivity index (χ0v) is 12.1. The summed E-state index contributed by atoms with van der Waals surface area (Å²) in [4.78, 5) is 14.0. The van der Waals surface area contributed by atoms with Gasteiger partial charge in [0.1, 0.15) is 5.75 Å². The SMILES string of the molecule is CC(C)Oc1ccc(NC(=O)CN2CCOCC2)cc1. The molecule has 1 heterocycles. The summed E-state index contributed by atoms with van der Waals surface area (Å²) in [6.07, 6.45) is 0.150. The molecule has 110 valence electrons. The fraction of sp³-hybridized carbons (Fsp3) is 0.533. The number of benzene rings is 1. The summed E-state index contributed by atoms with van der Waals surface area (Å²) in [5.41, 5.74) is 0.791. The van der Waals surface area contributed by atoms with Crippen LogP contribution in [0.1, 0.15) is 13.8 Å². The first kappa shape index (κ1) is 14.8. The van der Waals surface area contributed by atoms with Crippen LogP contribution in [0.3, 0.4) is 0 Å². The van der Waals surface area contributed by atoms with Gasteiger partial charge >= 0.3 is 0 Å². The van der Waals surface area contributed by atoms with Gasteiger partial charge in [0, 0.05) is 18.8 Å². The largest absolute Gasteiger partial charge is 0.491 e. The highest BCUT2D eigenvalue weighted by Gasteiger charge is 2.14. The maximum atomic E-state index is 11.9. The number of nitrogens with one attached hydrogen (secondary N) is 1. The van der Waals surface area contributed by atoms with Crippen LogP contribution in [0.25, 0.3) is 0 Å². The van der Waals surface area contributed by atoms with Crippen LogP contribution in [0.4, 0.5) is 5.69 Å². The van der Waals surface area contributed by atoms with Gasteiger partial charge in [-0.1, -0.05) is 0 Å². The molecule has 0 unspecified atom stereocenters. The second kappa shape index (κ2) is 7.26. The Labute approximate surface area is 119 Å². The molecule has 0 saturated carbocycles. The molecule has 2 rings (SSSR count). The molecule has 1 N–H and O–H groups in total. The van der Waals surface area contributed by atoms with Crippen molar-refractivity contribution in [3.63, 3.8) is 0 Å². The lowest BCUT2D eigenvalue weighted by molar-refractivity contribution is -0.118. The second-order valence-corrected chi connectivity index (χ2v) is 5.13. The fourth-order valence-electron chi connectivity index (χ4n) is 2.05. The van der Waals surface area contributed by atoms with Gasteiger partial charge in [0.2, 0.25) is 5.91 Å². The Morgan fingerprint density at radius 2 is 1.95 bits per heavy atom. The molecule has 1 aromatic carbocycles. The van der Waals surface area contributed by atoms with E-state index in [9.17, 15) is 4.79 Å². The van der Waals surface area contributed by atoms with E-state index in [-0.39, 0.29) is 12.0 Å². The van der Waals surface area contributed by atoms with Gasteiger partial charge in [0.25, 0.3) is 0 Å². The molecule has 1 aliphatic heterocycles. The van der Waals surface area contributed by atoms with Gasteiger partial charge in [-0.2, -0.15) is 0 Å². The Bertz CT molecular complexity index is 425. The number of morpholine rings is 1. The number of hydrogen-bond donors (Lipinski definition) is 1. The third-order valence-electron chi connectivity index (χ3n) is 2.98. The zero-order chi connectivity index (χ0) is 14.4. The van der Waals surface area contributed by atoms with Crippen LogP contribution in [0, 0.1) is 0 Å². The summed E-state index contributed by atoms with van der Waals surface area (Å²) >= 11 is 0. The van der Waals surface area contributed by atoms with Crippen LogP contribution >= 0.6 is 0 Å². The van der Waals surface area contributed by atoms with E-state index in [1.165, 1.54) is 0 Å². The van der Waals surface area contributed by atoms with Crippen molar-refractivity contribution in [2.75, 3.05) is 38.2 Å². The number of carbonyl (C=O) groups excluding carboxylic acids is 1. The first-order valence-electron chi connectivity index (χ1n) is 7.00. The van der Waals surface area contributed by atoms with E-state index in [1.807, 2.05) is 38.1 Å². The average Bonchev–Trinajstić information content (AvgIpc) is 2.41. The number of rotatable bonds is 5. The molecule has 0 radical (unpaired) electrons. The first-order chi connectivity index (χ1) is 9.63. The van der Waals surface area contributed by atoms with Gasteiger partial charge in [0.05, 0.1) is 25.9 Å². The number of nitrogens with zero attached hydrogens (tertiary/aromatic N) is 1. The second-order valence-electron chi connectivity index (χ2n) is 5.13. The average molecular weight is 278 g/mol. The van der Waals surface area contributed by atoms with Crippen molar-refractivity contribution in [3.8, 4) is 5.75 Å². The Hall–Kier alpha value is -1.59.